The minimum atomic E-state index is -0.442. The van der Waals surface area contributed by atoms with Gasteiger partial charge in [-0.3, -0.25) is 9.59 Å². The van der Waals surface area contributed by atoms with Gasteiger partial charge < -0.3 is 16.8 Å². The number of primary amides is 2. The monoisotopic (exact) mass is 235 g/mol. The molecule has 1 aromatic rings. The van der Waals surface area contributed by atoms with Gasteiger partial charge in [0, 0.05) is 24.2 Å². The highest BCUT2D eigenvalue weighted by Gasteiger charge is 2.00. The van der Waals surface area contributed by atoms with E-state index in [0.29, 0.717) is 12.0 Å². The number of unbranched alkanes of at least 4 members (excludes halogenated alkanes) is 1. The molecule has 5 heteroatoms. The minimum absolute atomic E-state index is 0.277. The Morgan fingerprint density at radius 3 is 2.59 bits per heavy atom. The van der Waals surface area contributed by atoms with E-state index in [0.717, 1.165) is 25.1 Å². The normalized spacial score (nSPS) is 9.88. The molecule has 17 heavy (non-hydrogen) atoms. The lowest BCUT2D eigenvalue weighted by molar-refractivity contribution is -0.118. The summed E-state index contributed by atoms with van der Waals surface area (Å²) in [6.45, 7) is 0.732. The number of carbonyl (C=O) groups excluding carboxylic acids is 2. The van der Waals surface area contributed by atoms with Crippen molar-refractivity contribution in [2.75, 3.05) is 11.9 Å². The Hall–Kier alpha value is -2.04. The van der Waals surface area contributed by atoms with Crippen LogP contribution < -0.4 is 16.8 Å². The van der Waals surface area contributed by atoms with Gasteiger partial charge in [-0.25, -0.2) is 0 Å². The van der Waals surface area contributed by atoms with Crippen LogP contribution in [0.1, 0.15) is 29.6 Å². The number of hydrogen-bond donors (Lipinski definition) is 3. The largest absolute Gasteiger partial charge is 0.385 e. The van der Waals surface area contributed by atoms with E-state index in [9.17, 15) is 9.59 Å². The van der Waals surface area contributed by atoms with Gasteiger partial charge in [0.1, 0.15) is 0 Å². The number of carbonyl (C=O) groups is 2. The number of rotatable bonds is 7. The molecule has 0 saturated carbocycles. The van der Waals surface area contributed by atoms with Gasteiger partial charge in [-0.1, -0.05) is 6.07 Å². The summed E-state index contributed by atoms with van der Waals surface area (Å²) in [5.41, 5.74) is 11.5. The van der Waals surface area contributed by atoms with Crippen molar-refractivity contribution in [2.24, 2.45) is 11.5 Å². The zero-order chi connectivity index (χ0) is 12.7. The molecule has 0 aliphatic carbocycles. The Morgan fingerprint density at radius 1 is 1.18 bits per heavy atom. The third-order valence-electron chi connectivity index (χ3n) is 2.33. The first-order chi connectivity index (χ1) is 8.09. The lowest BCUT2D eigenvalue weighted by Crippen LogP contribution is -2.12. The summed E-state index contributed by atoms with van der Waals surface area (Å²) in [4.78, 5) is 21.4. The number of benzene rings is 1. The van der Waals surface area contributed by atoms with Crippen LogP contribution in [-0.2, 0) is 4.79 Å². The van der Waals surface area contributed by atoms with Crippen LogP contribution in [0.4, 0.5) is 5.69 Å². The van der Waals surface area contributed by atoms with E-state index in [4.69, 9.17) is 11.5 Å². The van der Waals surface area contributed by atoms with Crippen LogP contribution in [0.15, 0.2) is 24.3 Å². The van der Waals surface area contributed by atoms with Gasteiger partial charge in [0.2, 0.25) is 11.8 Å². The molecule has 5 N–H and O–H groups in total. The van der Waals surface area contributed by atoms with E-state index < -0.39 is 5.91 Å². The molecular weight excluding hydrogens is 218 g/mol. The second kappa shape index (κ2) is 6.52. The standard InChI is InChI=1S/C12H17N3O2/c13-11(16)6-1-2-7-15-10-5-3-4-9(8-10)12(14)17/h3-5,8,15H,1-2,6-7H2,(H2,13,16)(H2,14,17). The molecule has 0 atom stereocenters. The molecule has 0 radical (unpaired) electrons. The highest BCUT2D eigenvalue weighted by molar-refractivity contribution is 5.93. The molecule has 5 nitrogen and oxygen atoms in total. The Balaban J connectivity index is 2.34. The molecule has 0 aromatic heterocycles. The van der Waals surface area contributed by atoms with Gasteiger partial charge >= 0.3 is 0 Å². The van der Waals surface area contributed by atoms with Gasteiger partial charge in [-0.15, -0.1) is 0 Å². The smallest absolute Gasteiger partial charge is 0.248 e. The summed E-state index contributed by atoms with van der Waals surface area (Å²) < 4.78 is 0. The first-order valence-electron chi connectivity index (χ1n) is 5.51. The number of amides is 2. The quantitative estimate of drug-likeness (QED) is 0.611. The number of anilines is 1. The maximum atomic E-state index is 10.9. The van der Waals surface area contributed by atoms with Crippen molar-refractivity contribution >= 4 is 17.5 Å². The first kappa shape index (κ1) is 13.0. The Bertz CT molecular complexity index is 404. The summed E-state index contributed by atoms with van der Waals surface area (Å²) in [6, 6.07) is 7.00. The van der Waals surface area contributed by atoms with Gasteiger partial charge in [-0.05, 0) is 31.0 Å². The summed E-state index contributed by atoms with van der Waals surface area (Å²) in [6.07, 6.45) is 2.02. The summed E-state index contributed by atoms with van der Waals surface area (Å²) in [5.74, 6) is -0.719. The second-order valence-electron chi connectivity index (χ2n) is 3.80. The SMILES string of the molecule is NC(=O)CCCCNc1cccc(C(N)=O)c1. The highest BCUT2D eigenvalue weighted by Crippen LogP contribution is 2.10. The van der Waals surface area contributed by atoms with Crippen molar-refractivity contribution in [2.45, 2.75) is 19.3 Å². The minimum Gasteiger partial charge on any atom is -0.385 e. The van der Waals surface area contributed by atoms with Gasteiger partial charge in [0.25, 0.3) is 0 Å². The number of hydrogen-bond acceptors (Lipinski definition) is 3. The molecule has 0 fully saturated rings. The van der Waals surface area contributed by atoms with Gasteiger partial charge in [0.05, 0.1) is 0 Å². The molecule has 0 aliphatic heterocycles. The number of nitrogens with two attached hydrogens (primary N) is 2. The molecule has 0 saturated heterocycles. The molecular formula is C12H17N3O2. The van der Waals surface area contributed by atoms with E-state index in [1.54, 1.807) is 18.2 Å². The maximum absolute atomic E-state index is 10.9. The third-order valence-corrected chi connectivity index (χ3v) is 2.33. The van der Waals surface area contributed by atoms with E-state index in [1.807, 2.05) is 6.07 Å². The molecule has 1 aromatic carbocycles. The van der Waals surface area contributed by atoms with Crippen LogP contribution in [-0.4, -0.2) is 18.4 Å². The van der Waals surface area contributed by atoms with E-state index in [2.05, 4.69) is 5.32 Å². The first-order valence-corrected chi connectivity index (χ1v) is 5.51. The molecule has 0 bridgehead atoms. The van der Waals surface area contributed by atoms with Crippen molar-refractivity contribution in [3.8, 4) is 0 Å². The van der Waals surface area contributed by atoms with Crippen LogP contribution in [0, 0.1) is 0 Å². The molecule has 0 heterocycles. The molecule has 1 rings (SSSR count). The van der Waals surface area contributed by atoms with Crippen molar-refractivity contribution in [1.82, 2.24) is 0 Å². The lowest BCUT2D eigenvalue weighted by Gasteiger charge is -2.06. The Kier molecular flexibility index (Phi) is 5.00. The molecule has 0 aliphatic rings. The average Bonchev–Trinajstić information content (AvgIpc) is 2.28. The third kappa shape index (κ3) is 5.01. The van der Waals surface area contributed by atoms with Crippen molar-refractivity contribution in [1.29, 1.82) is 0 Å². The summed E-state index contributed by atoms with van der Waals surface area (Å²) in [7, 11) is 0. The predicted molar refractivity (Wildman–Crippen MR) is 66.5 cm³/mol. The lowest BCUT2D eigenvalue weighted by atomic mass is 10.2. The fourth-order valence-corrected chi connectivity index (χ4v) is 1.44. The van der Waals surface area contributed by atoms with E-state index in [1.165, 1.54) is 0 Å². The van der Waals surface area contributed by atoms with Crippen LogP contribution >= 0.6 is 0 Å². The van der Waals surface area contributed by atoms with Crippen molar-refractivity contribution < 1.29 is 9.59 Å². The van der Waals surface area contributed by atoms with Crippen molar-refractivity contribution in [3.63, 3.8) is 0 Å². The topological polar surface area (TPSA) is 98.2 Å². The van der Waals surface area contributed by atoms with Crippen LogP contribution in [0.3, 0.4) is 0 Å². The second-order valence-corrected chi connectivity index (χ2v) is 3.80. The maximum Gasteiger partial charge on any atom is 0.248 e. The van der Waals surface area contributed by atoms with Crippen molar-refractivity contribution in [3.05, 3.63) is 29.8 Å². The Labute approximate surface area is 100 Å². The average molecular weight is 235 g/mol. The van der Waals surface area contributed by atoms with E-state index >= 15 is 0 Å². The van der Waals surface area contributed by atoms with Crippen LogP contribution in [0.2, 0.25) is 0 Å². The molecule has 92 valence electrons. The van der Waals surface area contributed by atoms with E-state index in [-0.39, 0.29) is 5.91 Å². The molecule has 0 spiro atoms. The van der Waals surface area contributed by atoms with Gasteiger partial charge in [-0.2, -0.15) is 0 Å². The predicted octanol–water partition coefficient (Wildman–Crippen LogP) is 0.853. The summed E-state index contributed by atoms with van der Waals surface area (Å²) >= 11 is 0. The van der Waals surface area contributed by atoms with Crippen LogP contribution in [0.5, 0.6) is 0 Å². The highest BCUT2D eigenvalue weighted by atomic mass is 16.1. The summed E-state index contributed by atoms with van der Waals surface area (Å²) in [5, 5.41) is 3.15. The zero-order valence-corrected chi connectivity index (χ0v) is 9.61. The molecule has 0 unspecified atom stereocenters. The number of nitrogens with one attached hydrogen (secondary N) is 1. The molecule has 2 amide bonds. The Morgan fingerprint density at radius 2 is 1.94 bits per heavy atom. The fourth-order valence-electron chi connectivity index (χ4n) is 1.44. The van der Waals surface area contributed by atoms with Crippen LogP contribution in [0.25, 0.3) is 0 Å². The van der Waals surface area contributed by atoms with Gasteiger partial charge in [0.15, 0.2) is 0 Å². The fraction of sp³-hybridized carbons (Fsp3) is 0.333. The zero-order valence-electron chi connectivity index (χ0n) is 9.61.